The molecule has 0 aliphatic carbocycles. The van der Waals surface area contributed by atoms with E-state index >= 15 is 0 Å². The van der Waals surface area contributed by atoms with E-state index < -0.39 is 35.1 Å². The second-order valence-electron chi connectivity index (χ2n) is 4.93. The zero-order valence-corrected chi connectivity index (χ0v) is 14.7. The number of halogens is 5. The van der Waals surface area contributed by atoms with E-state index in [-0.39, 0.29) is 21.4 Å². The number of benzene rings is 1. The predicted molar refractivity (Wildman–Crippen MR) is 86.6 cm³/mol. The minimum atomic E-state index is -4.63. The molecule has 2 rings (SSSR count). The van der Waals surface area contributed by atoms with Gasteiger partial charge in [-0.25, -0.2) is 5.01 Å². The van der Waals surface area contributed by atoms with E-state index in [0.29, 0.717) is 12.1 Å². The van der Waals surface area contributed by atoms with Gasteiger partial charge in [-0.2, -0.15) is 13.2 Å². The third-order valence-corrected chi connectivity index (χ3v) is 4.63. The molecule has 2 N–H and O–H groups in total. The van der Waals surface area contributed by atoms with Crippen LogP contribution in [0.5, 0.6) is 0 Å². The van der Waals surface area contributed by atoms with Crippen LogP contribution in [0.1, 0.15) is 12.5 Å². The zero-order chi connectivity index (χ0) is 18.4. The predicted octanol–water partition coefficient (Wildman–Crippen LogP) is 3.10. The van der Waals surface area contributed by atoms with Gasteiger partial charge in [-0.1, -0.05) is 27.6 Å². The molecule has 0 amide bonds. The molecule has 1 aliphatic heterocycles. The Kier molecular flexibility index (Phi) is 5.31. The number of Topliss-reactive ketones (excluding diaryl/α,β-unsaturated/α-hetero) is 1. The summed E-state index contributed by atoms with van der Waals surface area (Å²) in [4.78, 5) is 11.7. The number of alkyl halides is 3. The third kappa shape index (κ3) is 3.45. The number of hydrogen-bond donors (Lipinski definition) is 1. The number of hydrazine groups is 1. The van der Waals surface area contributed by atoms with Crippen molar-refractivity contribution in [3.8, 4) is 0 Å². The molecule has 0 spiro atoms. The second kappa shape index (κ2) is 6.64. The fourth-order valence-electron chi connectivity index (χ4n) is 2.24. The average Bonchev–Trinajstić information content (AvgIpc) is 2.75. The first-order valence-electron chi connectivity index (χ1n) is 6.42. The van der Waals surface area contributed by atoms with Crippen molar-refractivity contribution in [2.24, 2.45) is 5.73 Å². The summed E-state index contributed by atoms with van der Waals surface area (Å²) in [7, 11) is 0. The van der Waals surface area contributed by atoms with Crippen LogP contribution in [0.15, 0.2) is 23.9 Å². The summed E-state index contributed by atoms with van der Waals surface area (Å²) < 4.78 is 51.6. The molecule has 11 heteroatoms. The highest BCUT2D eigenvalue weighted by molar-refractivity contribution is 7.88. The molecule has 24 heavy (non-hydrogen) atoms. The van der Waals surface area contributed by atoms with Crippen LogP contribution in [0, 0.1) is 0 Å². The van der Waals surface area contributed by atoms with E-state index in [9.17, 15) is 22.5 Å². The first-order valence-corrected chi connectivity index (χ1v) is 8.69. The number of ketones is 1. The van der Waals surface area contributed by atoms with Gasteiger partial charge in [0.25, 0.3) is 0 Å². The van der Waals surface area contributed by atoms with Crippen LogP contribution in [0.3, 0.4) is 0 Å². The van der Waals surface area contributed by atoms with Crippen LogP contribution in [0.4, 0.5) is 18.9 Å². The number of nitrogens with two attached hydrogens (primary N) is 1. The van der Waals surface area contributed by atoms with Gasteiger partial charge in [0.2, 0.25) is 0 Å². The van der Waals surface area contributed by atoms with Crippen molar-refractivity contribution in [1.29, 1.82) is 0 Å². The molecule has 1 aromatic carbocycles. The Morgan fingerprint density at radius 1 is 1.33 bits per heavy atom. The number of rotatable bonds is 3. The van der Waals surface area contributed by atoms with Gasteiger partial charge in [0.05, 0.1) is 27.0 Å². The van der Waals surface area contributed by atoms with E-state index in [4.69, 9.17) is 28.9 Å². The fourth-order valence-corrected chi connectivity index (χ4v) is 3.80. The lowest BCUT2D eigenvalue weighted by molar-refractivity contribution is -0.137. The molecule has 0 fully saturated rings. The van der Waals surface area contributed by atoms with Crippen LogP contribution >= 0.6 is 23.2 Å². The van der Waals surface area contributed by atoms with Gasteiger partial charge >= 0.3 is 6.18 Å². The molecule has 0 radical (unpaired) electrons. The normalized spacial score (nSPS) is 19.5. The number of hydrogen-bond acceptors (Lipinski definition) is 5. The Balaban J connectivity index is 2.57. The van der Waals surface area contributed by atoms with E-state index in [1.165, 1.54) is 19.3 Å². The highest BCUT2D eigenvalue weighted by atomic mass is 35.5. The maximum absolute atomic E-state index is 12.8. The van der Waals surface area contributed by atoms with Crippen LogP contribution in [0.2, 0.25) is 10.0 Å². The summed E-state index contributed by atoms with van der Waals surface area (Å²) in [6, 6.07) is 1.38. The quantitative estimate of drug-likeness (QED) is 0.787. The van der Waals surface area contributed by atoms with Crippen molar-refractivity contribution in [3.63, 3.8) is 0 Å². The number of carbonyl (C=O) groups is 1. The Morgan fingerprint density at radius 3 is 2.21 bits per heavy atom. The van der Waals surface area contributed by atoms with Gasteiger partial charge in [-0.15, -0.1) is 0 Å². The Bertz CT molecular complexity index is 689. The molecular weight excluding hydrogens is 390 g/mol. The van der Waals surface area contributed by atoms with E-state index in [0.717, 1.165) is 9.42 Å². The topological polar surface area (TPSA) is 72.6 Å². The Morgan fingerprint density at radius 2 is 1.83 bits per heavy atom. The van der Waals surface area contributed by atoms with Crippen molar-refractivity contribution in [2.75, 3.05) is 11.3 Å². The second-order valence-corrected chi connectivity index (χ2v) is 6.93. The van der Waals surface area contributed by atoms with Gasteiger partial charge in [-0.05, 0) is 18.2 Å². The summed E-state index contributed by atoms with van der Waals surface area (Å²) in [6.45, 7) is 1.25. The van der Waals surface area contributed by atoms with Crippen LogP contribution < -0.4 is 10.7 Å². The summed E-state index contributed by atoms with van der Waals surface area (Å²) in [6.07, 6.45) is -2.99. The molecule has 1 heterocycles. The molecule has 0 aromatic heterocycles. The first kappa shape index (κ1) is 19.2. The van der Waals surface area contributed by atoms with Gasteiger partial charge in [0, 0.05) is 6.92 Å². The van der Waals surface area contributed by atoms with Gasteiger partial charge < -0.3 is 10.3 Å². The maximum Gasteiger partial charge on any atom is 0.416 e. The lowest BCUT2D eigenvalue weighted by Crippen LogP contribution is -2.49. The number of carbonyl (C=O) groups excluding carboxylic acids is 1. The largest absolute Gasteiger partial charge is 0.592 e. The van der Waals surface area contributed by atoms with Crippen molar-refractivity contribution in [1.82, 2.24) is 4.41 Å². The smallest absolute Gasteiger partial charge is 0.416 e. The van der Waals surface area contributed by atoms with Crippen LogP contribution in [-0.2, 0) is 22.3 Å². The van der Waals surface area contributed by atoms with E-state index in [1.54, 1.807) is 0 Å². The average molecular weight is 402 g/mol. The standard InChI is InChI=1S/C13H12Cl2F3N3O2S/c1-6(22)10-5-11(19)20(21(10)24(2)23)12-8(14)3-7(4-9(12)15)13(16,17)18/h3-5,11H,19H2,1-2H3. The van der Waals surface area contributed by atoms with Crippen molar-refractivity contribution in [2.45, 2.75) is 19.3 Å². The third-order valence-electron chi connectivity index (χ3n) is 3.19. The SMILES string of the molecule is CC(=O)C1=CC(N)N(c2c(Cl)cc(C(F)(F)F)cc2Cl)N1[S+](C)[O-]. The van der Waals surface area contributed by atoms with Crippen molar-refractivity contribution >= 4 is 46.0 Å². The summed E-state index contributed by atoms with van der Waals surface area (Å²) >= 11 is 10.2. The molecule has 0 saturated heterocycles. The van der Waals surface area contributed by atoms with Gasteiger partial charge in [0.15, 0.2) is 11.5 Å². The summed E-state index contributed by atoms with van der Waals surface area (Å²) in [5.74, 6) is -0.415. The van der Waals surface area contributed by atoms with Crippen molar-refractivity contribution < 1.29 is 22.5 Å². The lowest BCUT2D eigenvalue weighted by Gasteiger charge is -2.34. The molecule has 0 saturated carbocycles. The van der Waals surface area contributed by atoms with E-state index in [2.05, 4.69) is 0 Å². The lowest BCUT2D eigenvalue weighted by atomic mass is 10.2. The molecule has 1 aliphatic rings. The molecule has 5 nitrogen and oxygen atoms in total. The maximum atomic E-state index is 12.8. The Hall–Kier alpha value is -1.13. The molecule has 132 valence electrons. The monoisotopic (exact) mass is 401 g/mol. The number of nitrogens with zero attached hydrogens (tertiary/aromatic N) is 2. The van der Waals surface area contributed by atoms with E-state index in [1.807, 2.05) is 0 Å². The fraction of sp³-hybridized carbons (Fsp3) is 0.308. The number of allylic oxidation sites excluding steroid dienone is 1. The molecule has 1 aromatic rings. The molecule has 2 unspecified atom stereocenters. The highest BCUT2D eigenvalue weighted by Crippen LogP contribution is 2.43. The summed E-state index contributed by atoms with van der Waals surface area (Å²) in [5, 5.41) is 0.468. The van der Waals surface area contributed by atoms with Gasteiger partial charge in [-0.3, -0.25) is 4.79 Å². The Labute approximate surface area is 149 Å². The number of anilines is 1. The minimum absolute atomic E-state index is 0.0374. The zero-order valence-electron chi connectivity index (χ0n) is 12.4. The minimum Gasteiger partial charge on any atom is -0.592 e. The van der Waals surface area contributed by atoms with Crippen LogP contribution in [0.25, 0.3) is 0 Å². The highest BCUT2D eigenvalue weighted by Gasteiger charge is 2.41. The van der Waals surface area contributed by atoms with Gasteiger partial charge in [0.1, 0.15) is 18.1 Å². The van der Waals surface area contributed by atoms with Crippen LogP contribution in [-0.4, -0.2) is 27.2 Å². The summed E-state index contributed by atoms with van der Waals surface area (Å²) in [5.41, 5.74) is 4.85. The van der Waals surface area contributed by atoms with Crippen molar-refractivity contribution in [3.05, 3.63) is 39.5 Å². The molecule has 2 atom stereocenters. The molecule has 0 bridgehead atoms. The molecular formula is C13H12Cl2F3N3O2S. The first-order chi connectivity index (χ1) is 10.9.